The van der Waals surface area contributed by atoms with Gasteiger partial charge in [-0.1, -0.05) is 50.6 Å². The number of aryl methyl sites for hydroxylation is 2. The van der Waals surface area contributed by atoms with E-state index in [4.69, 9.17) is 4.98 Å². The lowest BCUT2D eigenvalue weighted by molar-refractivity contribution is -0.117. The Morgan fingerprint density at radius 1 is 1.00 bits per heavy atom. The predicted octanol–water partition coefficient (Wildman–Crippen LogP) is 6.19. The Morgan fingerprint density at radius 3 is 2.17 bits per heavy atom. The second-order valence-corrected chi connectivity index (χ2v) is 9.99. The van der Waals surface area contributed by atoms with E-state index in [9.17, 15) is 4.79 Å². The fourth-order valence-electron chi connectivity index (χ4n) is 4.49. The highest BCUT2D eigenvalue weighted by Crippen LogP contribution is 2.39. The van der Waals surface area contributed by atoms with E-state index < -0.39 is 0 Å². The van der Waals surface area contributed by atoms with Crippen LogP contribution < -0.4 is 4.90 Å². The maximum absolute atomic E-state index is 13.0. The summed E-state index contributed by atoms with van der Waals surface area (Å²) in [5, 5.41) is 0. The van der Waals surface area contributed by atoms with Crippen molar-refractivity contribution in [1.82, 2.24) is 9.38 Å². The van der Waals surface area contributed by atoms with Crippen molar-refractivity contribution in [2.24, 2.45) is 5.41 Å². The molecule has 0 saturated carbocycles. The van der Waals surface area contributed by atoms with Gasteiger partial charge in [0.15, 0.2) is 0 Å². The fourth-order valence-corrected chi connectivity index (χ4v) is 4.49. The highest BCUT2D eigenvalue weighted by Gasteiger charge is 2.37. The number of hydrogen-bond acceptors (Lipinski definition) is 2. The summed E-state index contributed by atoms with van der Waals surface area (Å²) >= 11 is 0. The molecule has 0 N–H and O–H groups in total. The van der Waals surface area contributed by atoms with Crippen LogP contribution in [0.5, 0.6) is 0 Å². The van der Waals surface area contributed by atoms with Gasteiger partial charge >= 0.3 is 0 Å². The zero-order valence-corrected chi connectivity index (χ0v) is 19.0. The number of carbonyl (C=O) groups is 1. The van der Waals surface area contributed by atoms with Crippen LogP contribution >= 0.6 is 0 Å². The molecule has 0 atom stereocenters. The van der Waals surface area contributed by atoms with E-state index in [0.717, 1.165) is 34.7 Å². The van der Waals surface area contributed by atoms with E-state index in [0.29, 0.717) is 0 Å². The Hall–Kier alpha value is -2.62. The summed E-state index contributed by atoms with van der Waals surface area (Å²) in [7, 11) is 0. The first-order valence-corrected chi connectivity index (χ1v) is 10.3. The number of nitrogens with zero attached hydrogens (tertiary/aromatic N) is 3. The summed E-state index contributed by atoms with van der Waals surface area (Å²) in [6.45, 7) is 16.7. The van der Waals surface area contributed by atoms with Gasteiger partial charge in [0, 0.05) is 24.2 Å². The van der Waals surface area contributed by atoms with Gasteiger partial charge < -0.3 is 0 Å². The predicted molar refractivity (Wildman–Crippen MR) is 121 cm³/mol. The van der Waals surface area contributed by atoms with Gasteiger partial charge in [-0.15, -0.1) is 0 Å². The summed E-state index contributed by atoms with van der Waals surface area (Å²) in [4.78, 5) is 19.9. The summed E-state index contributed by atoms with van der Waals surface area (Å²) in [6.07, 6.45) is 2.89. The van der Waals surface area contributed by atoms with Crippen LogP contribution in [0.2, 0.25) is 0 Å². The molecule has 0 saturated heterocycles. The van der Waals surface area contributed by atoms with Crippen LogP contribution in [0.15, 0.2) is 42.6 Å². The number of carbonyl (C=O) groups excluding carboxylic acids is 1. The van der Waals surface area contributed by atoms with E-state index in [1.807, 2.05) is 15.5 Å². The van der Waals surface area contributed by atoms with E-state index in [1.165, 1.54) is 5.56 Å². The second kappa shape index (κ2) is 7.33. The van der Waals surface area contributed by atoms with Gasteiger partial charge in [-0.25, -0.2) is 4.98 Å². The molecular formula is C25H33N3O. The molecule has 2 aromatic heterocycles. The van der Waals surface area contributed by atoms with Gasteiger partial charge in [0.2, 0.25) is 5.91 Å². The summed E-state index contributed by atoms with van der Waals surface area (Å²) in [6, 6.07) is 12.5. The maximum atomic E-state index is 13.0. The SMILES string of the molecule is CC(=O)N(c1c(-c2ccc(C)cc2)nc2cc(C)ccn12)C(C)(C)CC(C)(C)C. The summed E-state index contributed by atoms with van der Waals surface area (Å²) in [5.41, 5.74) is 4.77. The Kier molecular flexibility index (Phi) is 5.33. The third-order valence-corrected chi connectivity index (χ3v) is 5.18. The molecule has 0 radical (unpaired) electrons. The number of aromatic nitrogens is 2. The van der Waals surface area contributed by atoms with Crippen LogP contribution in [0.1, 0.15) is 59.1 Å². The van der Waals surface area contributed by atoms with Gasteiger partial charge in [-0.3, -0.25) is 14.1 Å². The molecular weight excluding hydrogens is 358 g/mol. The van der Waals surface area contributed by atoms with Crippen molar-refractivity contribution < 1.29 is 4.79 Å². The number of fused-ring (bicyclic) bond motifs is 1. The number of pyridine rings is 1. The van der Waals surface area contributed by atoms with Crippen LogP contribution in [-0.4, -0.2) is 20.8 Å². The van der Waals surface area contributed by atoms with Crippen molar-refractivity contribution in [3.05, 3.63) is 53.7 Å². The third kappa shape index (κ3) is 4.36. The number of benzene rings is 1. The van der Waals surface area contributed by atoms with Gasteiger partial charge in [-0.05, 0) is 57.2 Å². The van der Waals surface area contributed by atoms with Gasteiger partial charge in [0.1, 0.15) is 17.2 Å². The van der Waals surface area contributed by atoms with Crippen molar-refractivity contribution in [1.29, 1.82) is 0 Å². The monoisotopic (exact) mass is 391 g/mol. The molecule has 0 unspecified atom stereocenters. The lowest BCUT2D eigenvalue weighted by Gasteiger charge is -2.41. The quantitative estimate of drug-likeness (QED) is 0.532. The van der Waals surface area contributed by atoms with Crippen LogP contribution in [0.3, 0.4) is 0 Å². The minimum absolute atomic E-state index is 0.0231. The van der Waals surface area contributed by atoms with Crippen molar-refractivity contribution in [3.8, 4) is 11.3 Å². The van der Waals surface area contributed by atoms with Crippen LogP contribution in [0.25, 0.3) is 16.9 Å². The van der Waals surface area contributed by atoms with Crippen molar-refractivity contribution >= 4 is 17.4 Å². The average Bonchev–Trinajstić information content (AvgIpc) is 2.91. The molecule has 0 aliphatic carbocycles. The van der Waals surface area contributed by atoms with E-state index >= 15 is 0 Å². The van der Waals surface area contributed by atoms with E-state index in [-0.39, 0.29) is 16.9 Å². The molecule has 154 valence electrons. The standard InChI is InChI=1S/C25H33N3O/c1-17-9-11-20(12-10-17)22-23(27-14-13-18(2)15-21(27)26-22)28(19(3)29)25(7,8)16-24(4,5)6/h9-15H,16H2,1-8H3. The Bertz CT molecular complexity index is 1040. The second-order valence-electron chi connectivity index (χ2n) is 9.99. The van der Waals surface area contributed by atoms with Crippen molar-refractivity contribution in [2.75, 3.05) is 4.90 Å². The minimum atomic E-state index is -0.371. The number of hydrogen-bond donors (Lipinski definition) is 0. The molecule has 1 amide bonds. The molecule has 2 heterocycles. The number of anilines is 1. The molecule has 0 bridgehead atoms. The third-order valence-electron chi connectivity index (χ3n) is 5.18. The molecule has 29 heavy (non-hydrogen) atoms. The highest BCUT2D eigenvalue weighted by molar-refractivity contribution is 5.96. The zero-order chi connectivity index (χ0) is 21.6. The minimum Gasteiger partial charge on any atom is -0.291 e. The fraction of sp³-hybridized carbons (Fsp3) is 0.440. The van der Waals surface area contributed by atoms with Gasteiger partial charge in [-0.2, -0.15) is 0 Å². The maximum Gasteiger partial charge on any atom is 0.225 e. The summed E-state index contributed by atoms with van der Waals surface area (Å²) < 4.78 is 2.05. The van der Waals surface area contributed by atoms with E-state index in [2.05, 4.69) is 84.9 Å². The van der Waals surface area contributed by atoms with Crippen molar-refractivity contribution in [2.45, 2.75) is 67.3 Å². The van der Waals surface area contributed by atoms with E-state index in [1.54, 1.807) is 6.92 Å². The average molecular weight is 392 g/mol. The molecule has 0 aliphatic heterocycles. The Labute approximate surface area is 174 Å². The number of imidazole rings is 1. The molecule has 3 aromatic rings. The van der Waals surface area contributed by atoms with Crippen LogP contribution in [0, 0.1) is 19.3 Å². The van der Waals surface area contributed by atoms with Crippen molar-refractivity contribution in [3.63, 3.8) is 0 Å². The molecule has 4 heteroatoms. The molecule has 3 rings (SSSR count). The number of rotatable bonds is 4. The first kappa shape index (κ1) is 21.1. The van der Waals surface area contributed by atoms with Crippen LogP contribution in [0.4, 0.5) is 5.82 Å². The van der Waals surface area contributed by atoms with Gasteiger partial charge in [0.05, 0.1) is 0 Å². The highest BCUT2D eigenvalue weighted by atomic mass is 16.2. The van der Waals surface area contributed by atoms with Crippen LogP contribution in [-0.2, 0) is 4.79 Å². The topological polar surface area (TPSA) is 37.6 Å². The van der Waals surface area contributed by atoms with Gasteiger partial charge in [0.25, 0.3) is 0 Å². The molecule has 1 aromatic carbocycles. The first-order valence-electron chi connectivity index (χ1n) is 10.3. The smallest absolute Gasteiger partial charge is 0.225 e. The largest absolute Gasteiger partial charge is 0.291 e. The molecule has 0 spiro atoms. The molecule has 4 nitrogen and oxygen atoms in total. The first-order chi connectivity index (χ1) is 13.4. The number of amides is 1. The lowest BCUT2D eigenvalue weighted by atomic mass is 9.80. The Balaban J connectivity index is 2.30. The molecule has 0 fully saturated rings. The Morgan fingerprint density at radius 2 is 1.62 bits per heavy atom. The zero-order valence-electron chi connectivity index (χ0n) is 19.0. The normalized spacial score (nSPS) is 12.4. The lowest BCUT2D eigenvalue weighted by Crippen LogP contribution is -2.50. The summed E-state index contributed by atoms with van der Waals surface area (Å²) in [5.74, 6) is 0.862. The molecule has 0 aliphatic rings.